The highest BCUT2D eigenvalue weighted by Gasteiger charge is 2.26. The van der Waals surface area contributed by atoms with E-state index in [9.17, 15) is 9.59 Å². The summed E-state index contributed by atoms with van der Waals surface area (Å²) in [6.45, 7) is 8.62. The number of rotatable bonds is 12. The van der Waals surface area contributed by atoms with E-state index >= 15 is 0 Å². The minimum Gasteiger partial charge on any atom is -0.497 e. The van der Waals surface area contributed by atoms with E-state index in [-0.39, 0.29) is 17.9 Å². The fourth-order valence-electron chi connectivity index (χ4n) is 3.28. The first-order valence-corrected chi connectivity index (χ1v) is 11.3. The number of nitrogens with one attached hydrogen (secondary N) is 1. The van der Waals surface area contributed by atoms with Crippen LogP contribution in [-0.4, -0.2) is 42.5 Å². The molecule has 2 aromatic carbocycles. The first kappa shape index (κ1) is 25.2. The zero-order valence-electron chi connectivity index (χ0n) is 19.9. The summed E-state index contributed by atoms with van der Waals surface area (Å²) in [5, 5.41) is 2.99. The Hall–Kier alpha value is -3.02. The molecule has 2 aromatic rings. The van der Waals surface area contributed by atoms with Crippen molar-refractivity contribution in [1.82, 2.24) is 10.2 Å². The minimum absolute atomic E-state index is 0.0587. The number of hydrogen-bond donors (Lipinski definition) is 1. The van der Waals surface area contributed by atoms with Gasteiger partial charge in [0.1, 0.15) is 17.5 Å². The molecule has 2 atom stereocenters. The maximum absolute atomic E-state index is 13.1. The van der Waals surface area contributed by atoms with Crippen LogP contribution < -0.4 is 14.8 Å². The lowest BCUT2D eigenvalue weighted by Gasteiger charge is -2.30. The number of hydrogen-bond acceptors (Lipinski definition) is 4. The second kappa shape index (κ2) is 12.7. The van der Waals surface area contributed by atoms with Gasteiger partial charge in [0.25, 0.3) is 0 Å². The average Bonchev–Trinajstić information content (AvgIpc) is 2.80. The van der Waals surface area contributed by atoms with Gasteiger partial charge in [-0.3, -0.25) is 9.59 Å². The second-order valence-electron chi connectivity index (χ2n) is 8.13. The normalized spacial score (nSPS) is 12.5. The maximum atomic E-state index is 13.1. The minimum atomic E-state index is -0.556. The third-order valence-corrected chi connectivity index (χ3v) is 5.47. The molecule has 0 spiro atoms. The summed E-state index contributed by atoms with van der Waals surface area (Å²) in [5.41, 5.74) is 2.13. The fourth-order valence-corrected chi connectivity index (χ4v) is 3.28. The molecule has 0 saturated carbocycles. The lowest BCUT2D eigenvalue weighted by atomic mass is 10.1. The van der Waals surface area contributed by atoms with E-state index in [0.29, 0.717) is 26.0 Å². The second-order valence-corrected chi connectivity index (χ2v) is 8.13. The lowest BCUT2D eigenvalue weighted by molar-refractivity contribution is -0.141. The van der Waals surface area contributed by atoms with Crippen LogP contribution in [0.2, 0.25) is 0 Å². The standard InChI is InChI=1S/C26H36N2O4/c1-6-20(3)27-26(30)21(4)28(18-22-10-7-9-19(2)17-22)25(29)11-8-16-32-24-14-12-23(31-5)13-15-24/h7,9-10,12-15,17,20-21H,6,8,11,16,18H2,1-5H3,(H,27,30)/t20-,21+/m1/s1. The molecule has 2 amide bonds. The molecule has 0 aliphatic carbocycles. The molecule has 0 bridgehead atoms. The van der Waals surface area contributed by atoms with Gasteiger partial charge in [-0.1, -0.05) is 36.8 Å². The van der Waals surface area contributed by atoms with Gasteiger partial charge in [-0.2, -0.15) is 0 Å². The Bertz CT molecular complexity index is 866. The highest BCUT2D eigenvalue weighted by Crippen LogP contribution is 2.18. The largest absolute Gasteiger partial charge is 0.497 e. The predicted octanol–water partition coefficient (Wildman–Crippen LogP) is 4.49. The van der Waals surface area contributed by atoms with Gasteiger partial charge in [0.05, 0.1) is 13.7 Å². The number of carbonyl (C=O) groups excluding carboxylic acids is 2. The molecule has 6 nitrogen and oxygen atoms in total. The number of aryl methyl sites for hydroxylation is 1. The monoisotopic (exact) mass is 440 g/mol. The molecule has 32 heavy (non-hydrogen) atoms. The fraction of sp³-hybridized carbons (Fsp3) is 0.462. The van der Waals surface area contributed by atoms with Crippen molar-refractivity contribution in [3.05, 3.63) is 59.7 Å². The summed E-state index contributed by atoms with van der Waals surface area (Å²) in [7, 11) is 1.62. The molecular formula is C26H36N2O4. The van der Waals surface area contributed by atoms with E-state index in [0.717, 1.165) is 29.0 Å². The van der Waals surface area contributed by atoms with Gasteiger partial charge < -0.3 is 19.7 Å². The average molecular weight is 441 g/mol. The van der Waals surface area contributed by atoms with Gasteiger partial charge in [0.2, 0.25) is 11.8 Å². The molecular weight excluding hydrogens is 404 g/mol. The first-order chi connectivity index (χ1) is 15.3. The van der Waals surface area contributed by atoms with Gasteiger partial charge in [0, 0.05) is 19.0 Å². The molecule has 0 aliphatic heterocycles. The van der Waals surface area contributed by atoms with E-state index < -0.39 is 6.04 Å². The van der Waals surface area contributed by atoms with Crippen LogP contribution in [0.4, 0.5) is 0 Å². The number of ether oxygens (including phenoxy) is 2. The van der Waals surface area contributed by atoms with Gasteiger partial charge in [0.15, 0.2) is 0 Å². The van der Waals surface area contributed by atoms with Crippen molar-refractivity contribution in [3.63, 3.8) is 0 Å². The van der Waals surface area contributed by atoms with Gasteiger partial charge in [-0.15, -0.1) is 0 Å². The SMILES string of the molecule is CC[C@@H](C)NC(=O)[C@H](C)N(Cc1cccc(C)c1)C(=O)CCCOc1ccc(OC)cc1. The van der Waals surface area contributed by atoms with Crippen molar-refractivity contribution >= 4 is 11.8 Å². The van der Waals surface area contributed by atoms with Crippen LogP contribution in [0.3, 0.4) is 0 Å². The Labute approximate surface area is 191 Å². The summed E-state index contributed by atoms with van der Waals surface area (Å²) in [6, 6.07) is 14.9. The van der Waals surface area contributed by atoms with Crippen LogP contribution >= 0.6 is 0 Å². The lowest BCUT2D eigenvalue weighted by Crippen LogP contribution is -2.49. The van der Waals surface area contributed by atoms with Crippen molar-refractivity contribution in [2.45, 2.75) is 65.6 Å². The molecule has 0 saturated heterocycles. The molecule has 2 rings (SSSR count). The number of amides is 2. The molecule has 0 radical (unpaired) electrons. The molecule has 1 N–H and O–H groups in total. The van der Waals surface area contributed by atoms with Gasteiger partial charge in [-0.25, -0.2) is 0 Å². The van der Waals surface area contributed by atoms with Crippen LogP contribution in [0.1, 0.15) is 51.2 Å². The van der Waals surface area contributed by atoms with Crippen LogP contribution in [-0.2, 0) is 16.1 Å². The third-order valence-electron chi connectivity index (χ3n) is 5.47. The van der Waals surface area contributed by atoms with Crippen molar-refractivity contribution in [1.29, 1.82) is 0 Å². The Morgan fingerprint density at radius 2 is 1.75 bits per heavy atom. The molecule has 174 valence electrons. The summed E-state index contributed by atoms with van der Waals surface area (Å²) < 4.78 is 10.9. The summed E-state index contributed by atoms with van der Waals surface area (Å²) in [4.78, 5) is 27.5. The highest BCUT2D eigenvalue weighted by molar-refractivity contribution is 5.87. The molecule has 0 heterocycles. The van der Waals surface area contributed by atoms with E-state index in [4.69, 9.17) is 9.47 Å². The predicted molar refractivity (Wildman–Crippen MR) is 127 cm³/mol. The summed E-state index contributed by atoms with van der Waals surface area (Å²) in [5.74, 6) is 1.31. The van der Waals surface area contributed by atoms with Crippen LogP contribution in [0.25, 0.3) is 0 Å². The number of carbonyl (C=O) groups is 2. The molecule has 6 heteroatoms. The Morgan fingerprint density at radius 1 is 1.06 bits per heavy atom. The quantitative estimate of drug-likeness (QED) is 0.494. The smallest absolute Gasteiger partial charge is 0.242 e. The van der Waals surface area contributed by atoms with Crippen molar-refractivity contribution in [2.24, 2.45) is 0 Å². The van der Waals surface area contributed by atoms with E-state index in [2.05, 4.69) is 5.32 Å². The maximum Gasteiger partial charge on any atom is 0.242 e. The number of methoxy groups -OCH3 is 1. The zero-order chi connectivity index (χ0) is 23.5. The zero-order valence-corrected chi connectivity index (χ0v) is 19.9. The number of nitrogens with zero attached hydrogens (tertiary/aromatic N) is 1. The van der Waals surface area contributed by atoms with Crippen LogP contribution in [0.15, 0.2) is 48.5 Å². The Morgan fingerprint density at radius 3 is 2.38 bits per heavy atom. The summed E-state index contributed by atoms with van der Waals surface area (Å²) in [6.07, 6.45) is 1.71. The summed E-state index contributed by atoms with van der Waals surface area (Å²) >= 11 is 0. The van der Waals surface area contributed by atoms with Crippen LogP contribution in [0, 0.1) is 6.92 Å². The molecule has 0 fully saturated rings. The number of benzene rings is 2. The van der Waals surface area contributed by atoms with E-state index in [1.54, 1.807) is 18.9 Å². The third kappa shape index (κ3) is 7.91. The van der Waals surface area contributed by atoms with Crippen molar-refractivity contribution in [2.75, 3.05) is 13.7 Å². The topological polar surface area (TPSA) is 67.9 Å². The Balaban J connectivity index is 1.99. The van der Waals surface area contributed by atoms with Crippen molar-refractivity contribution < 1.29 is 19.1 Å². The van der Waals surface area contributed by atoms with E-state index in [1.807, 2.05) is 69.3 Å². The first-order valence-electron chi connectivity index (χ1n) is 11.3. The molecule has 0 unspecified atom stereocenters. The Kier molecular flexibility index (Phi) is 10.1. The molecule has 0 aromatic heterocycles. The van der Waals surface area contributed by atoms with Gasteiger partial charge in [-0.05, 0) is 63.4 Å². The van der Waals surface area contributed by atoms with E-state index in [1.165, 1.54) is 0 Å². The molecule has 0 aliphatic rings. The van der Waals surface area contributed by atoms with Crippen LogP contribution in [0.5, 0.6) is 11.5 Å². The van der Waals surface area contributed by atoms with Crippen molar-refractivity contribution in [3.8, 4) is 11.5 Å². The van der Waals surface area contributed by atoms with Gasteiger partial charge >= 0.3 is 0 Å². The highest BCUT2D eigenvalue weighted by atomic mass is 16.5.